The maximum absolute atomic E-state index is 13.4. The SMILES string of the molecule is C=CCn1c(SCC(=O)Nc2scc(-c3ccc(F)cc3)c2C(=O)OC)nnc1-c1ccc(N(C)C)cc1. The second kappa shape index (κ2) is 12.1. The molecule has 0 saturated carbocycles. The predicted octanol–water partition coefficient (Wildman–Crippen LogP) is 5.58. The third-order valence-electron chi connectivity index (χ3n) is 5.59. The first kappa shape index (κ1) is 27.1. The molecule has 0 unspecified atom stereocenters. The average Bonchev–Trinajstić information content (AvgIpc) is 3.52. The molecule has 0 saturated heterocycles. The lowest BCUT2D eigenvalue weighted by molar-refractivity contribution is -0.113. The fourth-order valence-electron chi connectivity index (χ4n) is 3.70. The first-order valence-electron chi connectivity index (χ1n) is 11.5. The second-order valence-electron chi connectivity index (χ2n) is 8.34. The fraction of sp³-hybridized carbons (Fsp3) is 0.185. The third kappa shape index (κ3) is 5.95. The molecule has 4 rings (SSSR count). The molecule has 38 heavy (non-hydrogen) atoms. The van der Waals surface area contributed by atoms with Gasteiger partial charge >= 0.3 is 5.97 Å². The van der Waals surface area contributed by atoms with E-state index in [0.717, 1.165) is 11.3 Å². The molecule has 0 aliphatic carbocycles. The van der Waals surface area contributed by atoms with Crippen molar-refractivity contribution in [1.82, 2.24) is 14.8 Å². The number of esters is 1. The summed E-state index contributed by atoms with van der Waals surface area (Å²) >= 11 is 2.43. The van der Waals surface area contributed by atoms with Gasteiger partial charge in [-0.3, -0.25) is 9.36 Å². The summed E-state index contributed by atoms with van der Waals surface area (Å²) in [5, 5.41) is 14.1. The van der Waals surface area contributed by atoms with Gasteiger partial charge in [-0.2, -0.15) is 0 Å². The minimum atomic E-state index is -0.593. The van der Waals surface area contributed by atoms with E-state index in [-0.39, 0.29) is 23.0 Å². The number of benzene rings is 2. The first-order chi connectivity index (χ1) is 18.3. The van der Waals surface area contributed by atoms with Crippen LogP contribution < -0.4 is 10.2 Å². The van der Waals surface area contributed by atoms with E-state index in [9.17, 15) is 14.0 Å². The van der Waals surface area contributed by atoms with Crippen molar-refractivity contribution < 1.29 is 18.7 Å². The summed E-state index contributed by atoms with van der Waals surface area (Å²) < 4.78 is 20.2. The Morgan fingerprint density at radius 3 is 2.45 bits per heavy atom. The van der Waals surface area contributed by atoms with Crippen LogP contribution >= 0.6 is 23.1 Å². The van der Waals surface area contributed by atoms with Crippen LogP contribution in [-0.4, -0.2) is 53.6 Å². The Balaban J connectivity index is 1.51. The first-order valence-corrected chi connectivity index (χ1v) is 13.4. The predicted molar refractivity (Wildman–Crippen MR) is 150 cm³/mol. The zero-order valence-electron chi connectivity index (χ0n) is 21.1. The Hall–Kier alpha value is -3.96. The summed E-state index contributed by atoms with van der Waals surface area (Å²) in [6.07, 6.45) is 1.75. The number of thioether (sulfide) groups is 1. The fourth-order valence-corrected chi connectivity index (χ4v) is 5.42. The Morgan fingerprint density at radius 2 is 1.82 bits per heavy atom. The van der Waals surface area contributed by atoms with Gasteiger partial charge in [0.05, 0.1) is 12.9 Å². The third-order valence-corrected chi connectivity index (χ3v) is 7.45. The van der Waals surface area contributed by atoms with Crippen molar-refractivity contribution in [3.05, 3.63) is 77.9 Å². The van der Waals surface area contributed by atoms with E-state index in [1.807, 2.05) is 47.8 Å². The molecule has 0 aliphatic rings. The van der Waals surface area contributed by atoms with Crippen molar-refractivity contribution in [3.63, 3.8) is 0 Å². The van der Waals surface area contributed by atoms with E-state index < -0.39 is 5.97 Å². The lowest BCUT2D eigenvalue weighted by Gasteiger charge is -2.13. The van der Waals surface area contributed by atoms with E-state index in [1.165, 1.54) is 42.3 Å². The summed E-state index contributed by atoms with van der Waals surface area (Å²) in [6, 6.07) is 13.7. The number of hydrogen-bond donors (Lipinski definition) is 1. The van der Waals surface area contributed by atoms with Crippen molar-refractivity contribution in [2.45, 2.75) is 11.7 Å². The lowest BCUT2D eigenvalue weighted by Crippen LogP contribution is -2.16. The molecule has 0 radical (unpaired) electrons. The Morgan fingerprint density at radius 1 is 1.13 bits per heavy atom. The number of aromatic nitrogens is 3. The number of carbonyl (C=O) groups is 2. The molecule has 0 fully saturated rings. The molecule has 0 bridgehead atoms. The summed E-state index contributed by atoms with van der Waals surface area (Å²) in [6.45, 7) is 4.30. The number of nitrogens with one attached hydrogen (secondary N) is 1. The van der Waals surface area contributed by atoms with E-state index >= 15 is 0 Å². The molecule has 196 valence electrons. The van der Waals surface area contributed by atoms with Gasteiger partial charge in [-0.25, -0.2) is 9.18 Å². The summed E-state index contributed by atoms with van der Waals surface area (Å²) in [5.74, 6) is -0.582. The molecule has 2 aromatic heterocycles. The zero-order chi connectivity index (χ0) is 27.2. The number of hydrogen-bond acceptors (Lipinski definition) is 8. The van der Waals surface area contributed by atoms with Crippen molar-refractivity contribution in [1.29, 1.82) is 0 Å². The molecule has 2 aromatic carbocycles. The van der Waals surface area contributed by atoms with Gasteiger partial charge in [0.1, 0.15) is 16.4 Å². The Bertz CT molecular complexity index is 1450. The van der Waals surface area contributed by atoms with Crippen LogP contribution in [-0.2, 0) is 16.1 Å². The van der Waals surface area contributed by atoms with Crippen LogP contribution in [0.5, 0.6) is 0 Å². The van der Waals surface area contributed by atoms with Gasteiger partial charge < -0.3 is 15.0 Å². The number of allylic oxidation sites excluding steroid dienone is 1. The molecule has 1 amide bonds. The highest BCUT2D eigenvalue weighted by Gasteiger charge is 2.23. The van der Waals surface area contributed by atoms with Crippen molar-refractivity contribution in [3.8, 4) is 22.5 Å². The number of anilines is 2. The van der Waals surface area contributed by atoms with Gasteiger partial charge in [0, 0.05) is 42.8 Å². The van der Waals surface area contributed by atoms with Gasteiger partial charge in [0.2, 0.25) is 5.91 Å². The highest BCUT2D eigenvalue weighted by atomic mass is 32.2. The molecular formula is C27H26FN5O3S2. The van der Waals surface area contributed by atoms with Crippen LogP contribution in [0.1, 0.15) is 10.4 Å². The molecule has 0 spiro atoms. The van der Waals surface area contributed by atoms with E-state index in [2.05, 4.69) is 22.1 Å². The molecule has 0 aliphatic heterocycles. The molecule has 0 atom stereocenters. The quantitative estimate of drug-likeness (QED) is 0.156. The van der Waals surface area contributed by atoms with Crippen LogP contribution in [0.2, 0.25) is 0 Å². The molecule has 2 heterocycles. The number of halogens is 1. The van der Waals surface area contributed by atoms with Gasteiger partial charge in [-0.15, -0.1) is 28.1 Å². The minimum Gasteiger partial charge on any atom is -0.465 e. The van der Waals surface area contributed by atoms with Gasteiger partial charge in [-0.1, -0.05) is 30.0 Å². The Labute approximate surface area is 228 Å². The van der Waals surface area contributed by atoms with Gasteiger partial charge in [-0.05, 0) is 42.0 Å². The number of rotatable bonds is 10. The van der Waals surface area contributed by atoms with Crippen LogP contribution in [0.4, 0.5) is 15.1 Å². The minimum absolute atomic E-state index is 0.0409. The topological polar surface area (TPSA) is 89.3 Å². The van der Waals surface area contributed by atoms with Crippen LogP contribution in [0.25, 0.3) is 22.5 Å². The van der Waals surface area contributed by atoms with Crippen LogP contribution in [0, 0.1) is 5.82 Å². The average molecular weight is 552 g/mol. The number of ether oxygens (including phenoxy) is 1. The molecule has 4 aromatic rings. The van der Waals surface area contributed by atoms with Gasteiger partial charge in [0.15, 0.2) is 11.0 Å². The lowest BCUT2D eigenvalue weighted by atomic mass is 10.0. The second-order valence-corrected chi connectivity index (χ2v) is 10.2. The highest BCUT2D eigenvalue weighted by Crippen LogP contribution is 2.36. The summed E-state index contributed by atoms with van der Waals surface area (Å²) in [5.41, 5.74) is 3.39. The smallest absolute Gasteiger partial charge is 0.341 e. The standard InChI is InChI=1S/C27H26FN5O3S2/c1-5-14-33-24(18-8-12-20(13-9-18)32(2)3)30-31-27(33)38-16-22(34)29-25-23(26(35)36-4)21(15-37-25)17-6-10-19(28)11-7-17/h5-13,15H,1,14,16H2,2-4H3,(H,29,34). The van der Waals surface area contributed by atoms with Crippen LogP contribution in [0.3, 0.4) is 0 Å². The monoisotopic (exact) mass is 551 g/mol. The van der Waals surface area contributed by atoms with Gasteiger partial charge in [0.25, 0.3) is 0 Å². The van der Waals surface area contributed by atoms with E-state index in [0.29, 0.717) is 33.7 Å². The molecular weight excluding hydrogens is 525 g/mol. The number of amides is 1. The number of thiophene rings is 1. The molecule has 8 nitrogen and oxygen atoms in total. The van der Waals surface area contributed by atoms with Crippen molar-refractivity contribution >= 4 is 45.7 Å². The number of nitrogens with zero attached hydrogens (tertiary/aromatic N) is 4. The van der Waals surface area contributed by atoms with E-state index in [1.54, 1.807) is 23.6 Å². The maximum Gasteiger partial charge on any atom is 0.341 e. The normalized spacial score (nSPS) is 10.7. The van der Waals surface area contributed by atoms with Crippen LogP contribution in [0.15, 0.2) is 71.7 Å². The zero-order valence-corrected chi connectivity index (χ0v) is 22.7. The number of carbonyl (C=O) groups excluding carboxylic acids is 2. The number of methoxy groups -OCH3 is 1. The maximum atomic E-state index is 13.4. The molecule has 1 N–H and O–H groups in total. The van der Waals surface area contributed by atoms with E-state index in [4.69, 9.17) is 4.74 Å². The molecule has 11 heteroatoms. The Kier molecular flexibility index (Phi) is 8.59. The summed E-state index contributed by atoms with van der Waals surface area (Å²) in [4.78, 5) is 27.4. The van der Waals surface area contributed by atoms with Crippen molar-refractivity contribution in [2.24, 2.45) is 0 Å². The largest absolute Gasteiger partial charge is 0.465 e. The van der Waals surface area contributed by atoms with Crippen molar-refractivity contribution in [2.75, 3.05) is 37.2 Å². The highest BCUT2D eigenvalue weighted by molar-refractivity contribution is 7.99. The summed E-state index contributed by atoms with van der Waals surface area (Å²) in [7, 11) is 5.22.